The maximum atomic E-state index is 12.0. The van der Waals surface area contributed by atoms with Crippen molar-refractivity contribution in [1.82, 2.24) is 15.5 Å². The number of carbonyl (C=O) groups excluding carboxylic acids is 1. The molecule has 19 heavy (non-hydrogen) atoms. The number of carbonyl (C=O) groups is 1. The van der Waals surface area contributed by atoms with Gasteiger partial charge in [-0.05, 0) is 59.7 Å². The molecule has 112 valence electrons. The minimum absolute atomic E-state index is 0.0424. The number of nitrogens with zero attached hydrogens (tertiary/aromatic N) is 1. The third kappa shape index (κ3) is 6.92. The summed E-state index contributed by atoms with van der Waals surface area (Å²) in [6, 6.07) is 0.644. The maximum Gasteiger partial charge on any atom is 0.237 e. The van der Waals surface area contributed by atoms with E-state index in [0.29, 0.717) is 6.04 Å². The fourth-order valence-electron chi connectivity index (χ4n) is 2.33. The van der Waals surface area contributed by atoms with E-state index in [1.54, 1.807) is 0 Å². The first kappa shape index (κ1) is 16.4. The number of unbranched alkanes of at least 4 members (excludes halogenated alkanes) is 1. The van der Waals surface area contributed by atoms with Gasteiger partial charge in [0.2, 0.25) is 5.91 Å². The molecular formula is C15H31N3O. The number of rotatable bonds is 7. The molecule has 0 bridgehead atoms. The highest BCUT2D eigenvalue weighted by Crippen LogP contribution is 2.08. The van der Waals surface area contributed by atoms with E-state index >= 15 is 0 Å². The second-order valence-corrected chi connectivity index (χ2v) is 5.93. The first-order chi connectivity index (χ1) is 9.11. The lowest BCUT2D eigenvalue weighted by Crippen LogP contribution is -2.44. The lowest BCUT2D eigenvalue weighted by atomic mass is 10.1. The summed E-state index contributed by atoms with van der Waals surface area (Å²) in [5.74, 6) is 0.194. The molecule has 1 atom stereocenters. The van der Waals surface area contributed by atoms with Crippen LogP contribution in [-0.2, 0) is 4.79 Å². The first-order valence-corrected chi connectivity index (χ1v) is 7.82. The second kappa shape index (κ2) is 9.32. The zero-order chi connectivity index (χ0) is 14.1. The summed E-state index contributed by atoms with van der Waals surface area (Å²) in [4.78, 5) is 14.3. The van der Waals surface area contributed by atoms with Gasteiger partial charge < -0.3 is 15.5 Å². The molecule has 4 nitrogen and oxygen atoms in total. The van der Waals surface area contributed by atoms with Gasteiger partial charge in [0.25, 0.3) is 0 Å². The zero-order valence-corrected chi connectivity index (χ0v) is 12.9. The standard InChI is InChI=1S/C15H31N3O/c1-13(2)18(3)12-8-7-11-17-15(19)14-9-5-4-6-10-16-14/h13-14,16H,4-12H2,1-3H3,(H,17,19). The van der Waals surface area contributed by atoms with Crippen LogP contribution in [0.4, 0.5) is 0 Å². The molecule has 1 saturated heterocycles. The van der Waals surface area contributed by atoms with Crippen molar-refractivity contribution in [3.63, 3.8) is 0 Å². The van der Waals surface area contributed by atoms with Crippen molar-refractivity contribution in [1.29, 1.82) is 0 Å². The van der Waals surface area contributed by atoms with E-state index in [0.717, 1.165) is 38.9 Å². The predicted molar refractivity (Wildman–Crippen MR) is 80.3 cm³/mol. The normalized spacial score (nSPS) is 20.6. The zero-order valence-electron chi connectivity index (χ0n) is 12.9. The molecule has 1 aliphatic heterocycles. The minimum Gasteiger partial charge on any atom is -0.355 e. The van der Waals surface area contributed by atoms with Crippen molar-refractivity contribution in [3.8, 4) is 0 Å². The SMILES string of the molecule is CC(C)N(C)CCCCNC(=O)C1CCCCCN1. The van der Waals surface area contributed by atoms with Gasteiger partial charge in [-0.3, -0.25) is 4.79 Å². The summed E-state index contributed by atoms with van der Waals surface area (Å²) in [5.41, 5.74) is 0. The molecule has 0 aliphatic carbocycles. The van der Waals surface area contributed by atoms with Gasteiger partial charge in [-0.15, -0.1) is 0 Å². The number of hydrogen-bond donors (Lipinski definition) is 2. The van der Waals surface area contributed by atoms with Crippen LogP contribution in [0.3, 0.4) is 0 Å². The molecule has 1 aliphatic rings. The van der Waals surface area contributed by atoms with Crippen LogP contribution in [0.2, 0.25) is 0 Å². The lowest BCUT2D eigenvalue weighted by molar-refractivity contribution is -0.123. The third-order valence-corrected chi connectivity index (χ3v) is 4.00. The van der Waals surface area contributed by atoms with Crippen molar-refractivity contribution in [2.75, 3.05) is 26.7 Å². The Balaban J connectivity index is 2.06. The van der Waals surface area contributed by atoms with Gasteiger partial charge in [0.1, 0.15) is 0 Å². The van der Waals surface area contributed by atoms with E-state index in [-0.39, 0.29) is 11.9 Å². The molecule has 0 saturated carbocycles. The molecule has 4 heteroatoms. The van der Waals surface area contributed by atoms with Crippen LogP contribution in [0.15, 0.2) is 0 Å². The Labute approximate surface area is 118 Å². The molecule has 0 aromatic heterocycles. The van der Waals surface area contributed by atoms with Gasteiger partial charge in [-0.25, -0.2) is 0 Å². The van der Waals surface area contributed by atoms with Crippen molar-refractivity contribution < 1.29 is 4.79 Å². The van der Waals surface area contributed by atoms with Gasteiger partial charge in [0.05, 0.1) is 6.04 Å². The Morgan fingerprint density at radius 2 is 2.11 bits per heavy atom. The molecule has 0 aromatic carbocycles. The van der Waals surface area contributed by atoms with E-state index in [1.807, 2.05) is 0 Å². The van der Waals surface area contributed by atoms with Gasteiger partial charge in [-0.1, -0.05) is 12.8 Å². The van der Waals surface area contributed by atoms with E-state index < -0.39 is 0 Å². The highest BCUT2D eigenvalue weighted by Gasteiger charge is 2.18. The van der Waals surface area contributed by atoms with Gasteiger partial charge in [0.15, 0.2) is 0 Å². The van der Waals surface area contributed by atoms with Crippen molar-refractivity contribution in [2.45, 2.75) is 64.5 Å². The summed E-state index contributed by atoms with van der Waals surface area (Å²) in [6.07, 6.45) is 6.82. The van der Waals surface area contributed by atoms with Crippen LogP contribution >= 0.6 is 0 Å². The molecular weight excluding hydrogens is 238 g/mol. The molecule has 0 spiro atoms. The quantitative estimate of drug-likeness (QED) is 0.692. The average Bonchev–Trinajstić information content (AvgIpc) is 2.66. The van der Waals surface area contributed by atoms with Crippen LogP contribution in [0.1, 0.15) is 52.4 Å². The number of hydrogen-bond acceptors (Lipinski definition) is 3. The largest absolute Gasteiger partial charge is 0.355 e. The smallest absolute Gasteiger partial charge is 0.237 e. The monoisotopic (exact) mass is 269 g/mol. The van der Waals surface area contributed by atoms with Crippen molar-refractivity contribution in [3.05, 3.63) is 0 Å². The van der Waals surface area contributed by atoms with Crippen molar-refractivity contribution in [2.24, 2.45) is 0 Å². The Bertz CT molecular complexity index is 248. The lowest BCUT2D eigenvalue weighted by Gasteiger charge is -2.21. The average molecular weight is 269 g/mol. The summed E-state index contributed by atoms with van der Waals surface area (Å²) in [6.45, 7) is 7.31. The summed E-state index contributed by atoms with van der Waals surface area (Å²) in [5, 5.41) is 6.40. The number of nitrogens with one attached hydrogen (secondary N) is 2. The van der Waals surface area contributed by atoms with Crippen LogP contribution in [0.5, 0.6) is 0 Å². The Hall–Kier alpha value is -0.610. The fourth-order valence-corrected chi connectivity index (χ4v) is 2.33. The van der Waals surface area contributed by atoms with E-state index in [2.05, 4.69) is 36.4 Å². The third-order valence-electron chi connectivity index (χ3n) is 4.00. The second-order valence-electron chi connectivity index (χ2n) is 5.93. The van der Waals surface area contributed by atoms with E-state index in [1.165, 1.54) is 19.3 Å². The Morgan fingerprint density at radius 3 is 2.84 bits per heavy atom. The topological polar surface area (TPSA) is 44.4 Å². The summed E-state index contributed by atoms with van der Waals surface area (Å²) in [7, 11) is 2.15. The van der Waals surface area contributed by atoms with Crippen molar-refractivity contribution >= 4 is 5.91 Å². The number of amides is 1. The molecule has 1 unspecified atom stereocenters. The Morgan fingerprint density at radius 1 is 1.32 bits per heavy atom. The highest BCUT2D eigenvalue weighted by molar-refractivity contribution is 5.81. The van der Waals surface area contributed by atoms with Crippen LogP contribution in [-0.4, -0.2) is 49.6 Å². The van der Waals surface area contributed by atoms with Crippen LogP contribution < -0.4 is 10.6 Å². The molecule has 2 N–H and O–H groups in total. The minimum atomic E-state index is 0.0424. The maximum absolute atomic E-state index is 12.0. The summed E-state index contributed by atoms with van der Waals surface area (Å²) >= 11 is 0. The highest BCUT2D eigenvalue weighted by atomic mass is 16.2. The van der Waals surface area contributed by atoms with E-state index in [4.69, 9.17) is 0 Å². The van der Waals surface area contributed by atoms with Gasteiger partial charge in [-0.2, -0.15) is 0 Å². The van der Waals surface area contributed by atoms with E-state index in [9.17, 15) is 4.79 Å². The molecule has 0 aromatic rings. The Kier molecular flexibility index (Phi) is 8.07. The molecule has 1 amide bonds. The van der Waals surface area contributed by atoms with Crippen LogP contribution in [0.25, 0.3) is 0 Å². The van der Waals surface area contributed by atoms with Crippen LogP contribution in [0, 0.1) is 0 Å². The molecule has 0 radical (unpaired) electrons. The summed E-state index contributed by atoms with van der Waals surface area (Å²) < 4.78 is 0. The predicted octanol–water partition coefficient (Wildman–Crippen LogP) is 1.76. The van der Waals surface area contributed by atoms with Gasteiger partial charge in [0, 0.05) is 12.6 Å². The molecule has 1 heterocycles. The molecule has 1 rings (SSSR count). The molecule has 1 fully saturated rings. The first-order valence-electron chi connectivity index (χ1n) is 7.82. The fraction of sp³-hybridized carbons (Fsp3) is 0.933. The van der Waals surface area contributed by atoms with Gasteiger partial charge >= 0.3 is 0 Å².